The summed E-state index contributed by atoms with van der Waals surface area (Å²) >= 11 is 0. The van der Waals surface area contributed by atoms with Crippen molar-refractivity contribution >= 4 is 82.2 Å². The highest BCUT2D eigenvalue weighted by atomic mass is 15.1. The van der Waals surface area contributed by atoms with Crippen LogP contribution in [0.25, 0.3) is 110 Å². The van der Waals surface area contributed by atoms with Crippen LogP contribution in [-0.4, -0.2) is 9.13 Å². The number of benzene rings is 12. The van der Waals surface area contributed by atoms with Crippen molar-refractivity contribution < 1.29 is 0 Å². The standard InChI is InChI=1S/C68H45N3/c1-3-17-56(18-4-1)70-65-22-12-11-21-61(65)62-44-54(32-39-66(62)70)55-33-40-68-64(45-55)63-43-53(31-38-67(63)71(68)57-19-5-2-6-20-57)50-25-23-48(24-26-50)49-27-34-58(35-28-49)69(59-36-29-46-13-7-9-15-51(46)41-59)60-37-30-47-14-8-10-16-52(47)42-60/h1-45H. The van der Waals surface area contributed by atoms with Crippen LogP contribution in [0.5, 0.6) is 0 Å². The van der Waals surface area contributed by atoms with E-state index in [2.05, 4.69) is 287 Å². The molecule has 3 nitrogen and oxygen atoms in total. The molecular weight excluding hydrogens is 859 g/mol. The number of fused-ring (bicyclic) bond motifs is 8. The molecule has 12 aromatic carbocycles. The van der Waals surface area contributed by atoms with Crippen LogP contribution in [0.1, 0.15) is 0 Å². The molecule has 3 heteroatoms. The van der Waals surface area contributed by atoms with Crippen LogP contribution in [-0.2, 0) is 0 Å². The van der Waals surface area contributed by atoms with Crippen molar-refractivity contribution in [2.45, 2.75) is 0 Å². The fourth-order valence-electron chi connectivity index (χ4n) is 11.0. The van der Waals surface area contributed by atoms with Crippen LogP contribution in [0.15, 0.2) is 273 Å². The summed E-state index contributed by atoms with van der Waals surface area (Å²) < 4.78 is 4.78. The largest absolute Gasteiger partial charge is 0.310 e. The lowest BCUT2D eigenvalue weighted by Gasteiger charge is -2.26. The Hall–Kier alpha value is -9.44. The molecule has 0 aliphatic carbocycles. The molecule has 0 spiro atoms. The second kappa shape index (κ2) is 16.7. The minimum Gasteiger partial charge on any atom is -0.310 e. The summed E-state index contributed by atoms with van der Waals surface area (Å²) in [5.74, 6) is 0. The van der Waals surface area contributed by atoms with E-state index >= 15 is 0 Å². The molecule has 2 aromatic heterocycles. The molecule has 0 bridgehead atoms. The van der Waals surface area contributed by atoms with Crippen molar-refractivity contribution in [3.8, 4) is 44.8 Å². The predicted octanol–water partition coefficient (Wildman–Crippen LogP) is 18.7. The van der Waals surface area contributed by atoms with E-state index in [0.717, 1.165) is 22.7 Å². The average molecular weight is 904 g/mol. The molecule has 0 saturated carbocycles. The van der Waals surface area contributed by atoms with Gasteiger partial charge in [0.25, 0.3) is 0 Å². The summed E-state index contributed by atoms with van der Waals surface area (Å²) in [5, 5.41) is 9.86. The van der Waals surface area contributed by atoms with Crippen molar-refractivity contribution in [3.05, 3.63) is 273 Å². The molecular formula is C68H45N3. The Morgan fingerprint density at radius 1 is 0.211 bits per heavy atom. The fraction of sp³-hybridized carbons (Fsp3) is 0. The summed E-state index contributed by atoms with van der Waals surface area (Å²) in [6.07, 6.45) is 0. The third-order valence-corrected chi connectivity index (χ3v) is 14.5. The Balaban J connectivity index is 0.824. The summed E-state index contributed by atoms with van der Waals surface area (Å²) in [5.41, 5.74) is 17.6. The predicted molar refractivity (Wildman–Crippen MR) is 301 cm³/mol. The molecule has 0 N–H and O–H groups in total. The molecule has 14 rings (SSSR count). The van der Waals surface area contributed by atoms with Crippen molar-refractivity contribution in [2.75, 3.05) is 4.90 Å². The Morgan fingerprint density at radius 3 is 1.04 bits per heavy atom. The van der Waals surface area contributed by atoms with E-state index in [1.165, 1.54) is 104 Å². The van der Waals surface area contributed by atoms with Crippen molar-refractivity contribution in [1.82, 2.24) is 9.13 Å². The Morgan fingerprint density at radius 2 is 0.549 bits per heavy atom. The van der Waals surface area contributed by atoms with Crippen LogP contribution in [0.3, 0.4) is 0 Å². The maximum atomic E-state index is 2.41. The second-order valence-electron chi connectivity index (χ2n) is 18.6. The maximum Gasteiger partial charge on any atom is 0.0541 e. The first-order valence-corrected chi connectivity index (χ1v) is 24.4. The normalized spacial score (nSPS) is 11.7. The molecule has 0 unspecified atom stereocenters. The molecule has 0 atom stereocenters. The van der Waals surface area contributed by atoms with Gasteiger partial charge >= 0.3 is 0 Å². The zero-order valence-corrected chi connectivity index (χ0v) is 38.8. The first kappa shape index (κ1) is 40.6. The molecule has 0 amide bonds. The number of rotatable bonds is 8. The summed E-state index contributed by atoms with van der Waals surface area (Å²) in [4.78, 5) is 2.37. The van der Waals surface area contributed by atoms with Gasteiger partial charge < -0.3 is 14.0 Å². The van der Waals surface area contributed by atoms with Crippen LogP contribution < -0.4 is 4.90 Å². The molecule has 14 aromatic rings. The first-order chi connectivity index (χ1) is 35.2. The van der Waals surface area contributed by atoms with E-state index in [0.29, 0.717) is 0 Å². The van der Waals surface area contributed by atoms with Crippen molar-refractivity contribution in [2.24, 2.45) is 0 Å². The van der Waals surface area contributed by atoms with Crippen molar-refractivity contribution in [3.63, 3.8) is 0 Å². The van der Waals surface area contributed by atoms with Gasteiger partial charge in [0.2, 0.25) is 0 Å². The molecule has 0 aliphatic heterocycles. The number of hydrogen-bond donors (Lipinski definition) is 0. The van der Waals surface area contributed by atoms with E-state index in [1.807, 2.05) is 0 Å². The number of nitrogens with zero attached hydrogens (tertiary/aromatic N) is 3. The summed E-state index contributed by atoms with van der Waals surface area (Å²) in [6, 6.07) is 99.7. The van der Waals surface area contributed by atoms with Gasteiger partial charge in [-0.3, -0.25) is 0 Å². The van der Waals surface area contributed by atoms with Gasteiger partial charge in [0, 0.05) is 50.0 Å². The molecule has 2 heterocycles. The first-order valence-electron chi connectivity index (χ1n) is 24.4. The highest BCUT2D eigenvalue weighted by Crippen LogP contribution is 2.41. The molecule has 0 aliphatic rings. The molecule has 0 radical (unpaired) electrons. The van der Waals surface area contributed by atoms with Crippen LogP contribution in [0, 0.1) is 0 Å². The SMILES string of the molecule is c1ccc(-n2c3ccccc3c3cc(-c4ccc5c(c4)c4cc(-c6ccc(-c7ccc(N(c8ccc9ccccc9c8)c8ccc9ccccc9c8)cc7)cc6)ccc4n5-c4ccccc4)ccc32)cc1. The van der Waals surface area contributed by atoms with E-state index in [9.17, 15) is 0 Å². The number of aromatic nitrogens is 2. The topological polar surface area (TPSA) is 13.1 Å². The number of hydrogen-bond acceptors (Lipinski definition) is 1. The lowest BCUT2D eigenvalue weighted by molar-refractivity contribution is 1.18. The second-order valence-corrected chi connectivity index (χ2v) is 18.6. The van der Waals surface area contributed by atoms with Gasteiger partial charge in [-0.15, -0.1) is 0 Å². The van der Waals surface area contributed by atoms with Gasteiger partial charge in [-0.1, -0.05) is 170 Å². The van der Waals surface area contributed by atoms with Gasteiger partial charge in [0.15, 0.2) is 0 Å². The monoisotopic (exact) mass is 903 g/mol. The van der Waals surface area contributed by atoms with Crippen molar-refractivity contribution in [1.29, 1.82) is 0 Å². The minimum absolute atomic E-state index is 1.11. The highest BCUT2D eigenvalue weighted by Gasteiger charge is 2.18. The summed E-state index contributed by atoms with van der Waals surface area (Å²) in [6.45, 7) is 0. The molecule has 0 saturated heterocycles. The Bertz CT molecular complexity index is 4240. The quantitative estimate of drug-likeness (QED) is 0.148. The van der Waals surface area contributed by atoms with Gasteiger partial charge in [-0.2, -0.15) is 0 Å². The maximum absolute atomic E-state index is 2.41. The van der Waals surface area contributed by atoms with E-state index in [1.54, 1.807) is 0 Å². The van der Waals surface area contributed by atoms with Gasteiger partial charge in [-0.25, -0.2) is 0 Å². The van der Waals surface area contributed by atoms with Gasteiger partial charge in [0.05, 0.1) is 22.1 Å². The average Bonchev–Trinajstić information content (AvgIpc) is 3.95. The molecule has 0 fully saturated rings. The van der Waals surface area contributed by atoms with Gasteiger partial charge in [0.1, 0.15) is 0 Å². The van der Waals surface area contributed by atoms with E-state index < -0.39 is 0 Å². The van der Waals surface area contributed by atoms with Gasteiger partial charge in [-0.05, 0) is 158 Å². The number of anilines is 3. The van der Waals surface area contributed by atoms with Crippen LogP contribution in [0.2, 0.25) is 0 Å². The molecule has 332 valence electrons. The third kappa shape index (κ3) is 6.97. The zero-order chi connectivity index (χ0) is 46.8. The summed E-state index contributed by atoms with van der Waals surface area (Å²) in [7, 11) is 0. The van der Waals surface area contributed by atoms with E-state index in [-0.39, 0.29) is 0 Å². The Kier molecular flexibility index (Phi) is 9.53. The molecule has 71 heavy (non-hydrogen) atoms. The fourth-order valence-corrected chi connectivity index (χ4v) is 11.0. The lowest BCUT2D eigenvalue weighted by Crippen LogP contribution is -2.09. The van der Waals surface area contributed by atoms with Crippen LogP contribution >= 0.6 is 0 Å². The third-order valence-electron chi connectivity index (χ3n) is 14.5. The van der Waals surface area contributed by atoms with Crippen LogP contribution in [0.4, 0.5) is 17.1 Å². The lowest BCUT2D eigenvalue weighted by atomic mass is 9.97. The zero-order valence-electron chi connectivity index (χ0n) is 38.8. The number of para-hydroxylation sites is 3. The van der Waals surface area contributed by atoms with E-state index in [4.69, 9.17) is 0 Å². The Labute approximate surface area is 412 Å². The highest BCUT2D eigenvalue weighted by molar-refractivity contribution is 6.13. The smallest absolute Gasteiger partial charge is 0.0541 e. The minimum atomic E-state index is 1.11.